The van der Waals surface area contributed by atoms with Gasteiger partial charge in [0.05, 0.1) is 23.2 Å². The molecule has 1 N–H and O–H groups in total. The maximum Gasteiger partial charge on any atom is 0.264 e. The van der Waals surface area contributed by atoms with E-state index in [0.717, 1.165) is 22.3 Å². The van der Waals surface area contributed by atoms with Gasteiger partial charge in [-0.1, -0.05) is 36.4 Å². The highest BCUT2D eigenvalue weighted by molar-refractivity contribution is 7.92. The quantitative estimate of drug-likeness (QED) is 0.574. The number of amides is 1. The van der Waals surface area contributed by atoms with Crippen molar-refractivity contribution in [2.75, 3.05) is 10.8 Å². The van der Waals surface area contributed by atoms with Crippen molar-refractivity contribution in [1.82, 2.24) is 5.32 Å². The molecule has 4 rings (SSSR count). The van der Waals surface area contributed by atoms with E-state index in [1.165, 1.54) is 9.87 Å². The number of benzene rings is 3. The summed E-state index contributed by atoms with van der Waals surface area (Å²) in [5.74, 6) is 0.0199. The monoisotopic (exact) mass is 478 g/mol. The van der Waals surface area contributed by atoms with Gasteiger partial charge in [-0.3, -0.25) is 9.10 Å². The topological polar surface area (TPSA) is 75.7 Å². The largest absolute Gasteiger partial charge is 0.476 e. The molecular weight excluding hydrogens is 448 g/mol. The summed E-state index contributed by atoms with van der Waals surface area (Å²) in [6.45, 7) is 9.84. The van der Waals surface area contributed by atoms with Crippen LogP contribution in [0.5, 0.6) is 5.75 Å². The highest BCUT2D eigenvalue weighted by Crippen LogP contribution is 2.38. The van der Waals surface area contributed by atoms with Gasteiger partial charge in [-0.25, -0.2) is 8.42 Å². The number of nitrogens with zero attached hydrogens (tertiary/aromatic N) is 1. The number of aryl methyl sites for hydroxylation is 4. The van der Waals surface area contributed by atoms with Crippen LogP contribution in [0.15, 0.2) is 65.6 Å². The van der Waals surface area contributed by atoms with E-state index < -0.39 is 16.1 Å². The van der Waals surface area contributed by atoms with E-state index >= 15 is 0 Å². The Morgan fingerprint density at radius 3 is 2.35 bits per heavy atom. The van der Waals surface area contributed by atoms with Crippen LogP contribution in [0, 0.1) is 27.7 Å². The maximum atomic E-state index is 13.5. The number of fused-ring (bicyclic) bond motifs is 1. The molecule has 0 saturated heterocycles. The van der Waals surface area contributed by atoms with Gasteiger partial charge in [-0.05, 0) is 86.7 Å². The zero-order valence-corrected chi connectivity index (χ0v) is 20.9. The summed E-state index contributed by atoms with van der Waals surface area (Å²) in [5.41, 5.74) is 5.81. The summed E-state index contributed by atoms with van der Waals surface area (Å²) in [7, 11) is -3.88. The van der Waals surface area contributed by atoms with Crippen molar-refractivity contribution in [3.63, 3.8) is 0 Å². The van der Waals surface area contributed by atoms with Gasteiger partial charge in [0.25, 0.3) is 15.9 Å². The van der Waals surface area contributed by atoms with E-state index in [-0.39, 0.29) is 23.4 Å². The van der Waals surface area contributed by atoms with Gasteiger partial charge in [-0.15, -0.1) is 0 Å². The second kappa shape index (κ2) is 9.14. The van der Waals surface area contributed by atoms with E-state index in [1.807, 2.05) is 33.8 Å². The van der Waals surface area contributed by atoms with E-state index in [4.69, 9.17) is 4.74 Å². The molecule has 7 heteroatoms. The first-order valence-corrected chi connectivity index (χ1v) is 12.7. The molecule has 0 bridgehead atoms. The molecule has 6 nitrogen and oxygen atoms in total. The molecule has 1 aliphatic heterocycles. The van der Waals surface area contributed by atoms with Crippen LogP contribution in [0.2, 0.25) is 0 Å². The molecule has 3 aromatic carbocycles. The lowest BCUT2D eigenvalue weighted by Crippen LogP contribution is -2.51. The zero-order valence-electron chi connectivity index (χ0n) is 20.1. The molecule has 0 saturated carbocycles. The lowest BCUT2D eigenvalue weighted by Gasteiger charge is -2.35. The van der Waals surface area contributed by atoms with Crippen LogP contribution in [0.3, 0.4) is 0 Å². The molecule has 0 unspecified atom stereocenters. The summed E-state index contributed by atoms with van der Waals surface area (Å²) in [6.07, 6.45) is -0.984. The smallest absolute Gasteiger partial charge is 0.264 e. The number of sulfonamides is 1. The average Bonchev–Trinajstić information content (AvgIpc) is 2.80. The van der Waals surface area contributed by atoms with Crippen LogP contribution in [-0.4, -0.2) is 27.0 Å². The van der Waals surface area contributed by atoms with Crippen LogP contribution in [0.1, 0.15) is 40.8 Å². The first-order valence-electron chi connectivity index (χ1n) is 11.3. The average molecular weight is 479 g/mol. The van der Waals surface area contributed by atoms with Crippen LogP contribution in [-0.2, 0) is 14.8 Å². The van der Waals surface area contributed by atoms with E-state index in [2.05, 4.69) is 24.4 Å². The third kappa shape index (κ3) is 4.53. The second-order valence-electron chi connectivity index (χ2n) is 8.95. The molecule has 3 aromatic rings. The number of anilines is 1. The number of ether oxygens (including phenoxy) is 1. The molecule has 2 atom stereocenters. The van der Waals surface area contributed by atoms with Crippen molar-refractivity contribution in [3.05, 3.63) is 88.5 Å². The van der Waals surface area contributed by atoms with Crippen LogP contribution in [0.25, 0.3) is 0 Å². The summed E-state index contributed by atoms with van der Waals surface area (Å²) in [4.78, 5) is 13.5. The van der Waals surface area contributed by atoms with Crippen LogP contribution < -0.4 is 14.4 Å². The third-order valence-electron chi connectivity index (χ3n) is 6.32. The maximum absolute atomic E-state index is 13.5. The van der Waals surface area contributed by atoms with Gasteiger partial charge in [0.15, 0.2) is 6.10 Å². The van der Waals surface area contributed by atoms with Crippen molar-refractivity contribution in [1.29, 1.82) is 0 Å². The molecule has 0 radical (unpaired) electrons. The third-order valence-corrected chi connectivity index (χ3v) is 8.11. The minimum Gasteiger partial charge on any atom is -0.476 e. The molecule has 1 heterocycles. The SMILES string of the molecule is Cc1ccc2c(c1)O[C@H](C(=O)N[C@@H](C)c1cc(C)c(C)cc1C)CN2S(=O)(=O)c1ccccc1. The molecule has 178 valence electrons. The lowest BCUT2D eigenvalue weighted by molar-refractivity contribution is -0.128. The van der Waals surface area contributed by atoms with Gasteiger partial charge >= 0.3 is 0 Å². The molecule has 0 aromatic heterocycles. The van der Waals surface area contributed by atoms with Gasteiger partial charge in [0, 0.05) is 0 Å². The Morgan fingerprint density at radius 2 is 1.65 bits per heavy atom. The van der Waals surface area contributed by atoms with Crippen molar-refractivity contribution in [2.45, 2.75) is 51.7 Å². The fourth-order valence-corrected chi connectivity index (χ4v) is 5.78. The zero-order chi connectivity index (χ0) is 24.6. The number of carbonyl (C=O) groups excluding carboxylic acids is 1. The van der Waals surface area contributed by atoms with Crippen LogP contribution in [0.4, 0.5) is 5.69 Å². The summed E-state index contributed by atoms with van der Waals surface area (Å²) < 4.78 is 34.3. The Labute approximate surface area is 201 Å². The first-order chi connectivity index (χ1) is 16.1. The second-order valence-corrected chi connectivity index (χ2v) is 10.8. The Bertz CT molecular complexity index is 1340. The number of rotatable bonds is 5. The van der Waals surface area contributed by atoms with E-state index in [0.29, 0.717) is 11.4 Å². The first kappa shape index (κ1) is 23.8. The predicted molar refractivity (Wildman–Crippen MR) is 134 cm³/mol. The molecule has 0 fully saturated rings. The Morgan fingerprint density at radius 1 is 0.971 bits per heavy atom. The number of hydrogen-bond donors (Lipinski definition) is 1. The molecule has 1 amide bonds. The Hall–Kier alpha value is -3.32. The molecule has 0 spiro atoms. The predicted octanol–water partition coefficient (Wildman–Crippen LogP) is 4.75. The Kier molecular flexibility index (Phi) is 6.41. The number of hydrogen-bond acceptors (Lipinski definition) is 4. The summed E-state index contributed by atoms with van der Waals surface area (Å²) >= 11 is 0. The molecular formula is C27H30N2O4S. The lowest BCUT2D eigenvalue weighted by atomic mass is 9.96. The highest BCUT2D eigenvalue weighted by atomic mass is 32.2. The van der Waals surface area contributed by atoms with Crippen molar-refractivity contribution < 1.29 is 17.9 Å². The minimum absolute atomic E-state index is 0.113. The summed E-state index contributed by atoms with van der Waals surface area (Å²) in [5, 5.41) is 3.03. The summed E-state index contributed by atoms with van der Waals surface area (Å²) in [6, 6.07) is 17.5. The number of nitrogens with one attached hydrogen (secondary N) is 1. The van der Waals surface area contributed by atoms with Gasteiger partial charge in [0.2, 0.25) is 0 Å². The van der Waals surface area contributed by atoms with Gasteiger partial charge in [0.1, 0.15) is 5.75 Å². The van der Waals surface area contributed by atoms with Crippen LogP contribution >= 0.6 is 0 Å². The van der Waals surface area contributed by atoms with Crippen molar-refractivity contribution >= 4 is 21.6 Å². The van der Waals surface area contributed by atoms with Crippen molar-refractivity contribution in [2.24, 2.45) is 0 Å². The van der Waals surface area contributed by atoms with Gasteiger partial charge < -0.3 is 10.1 Å². The van der Waals surface area contributed by atoms with E-state index in [1.54, 1.807) is 42.5 Å². The fraction of sp³-hybridized carbons (Fsp3) is 0.296. The minimum atomic E-state index is -3.88. The molecule has 34 heavy (non-hydrogen) atoms. The molecule has 0 aliphatic carbocycles. The fourth-order valence-electron chi connectivity index (χ4n) is 4.28. The van der Waals surface area contributed by atoms with E-state index in [9.17, 15) is 13.2 Å². The normalized spacial score (nSPS) is 16.4. The van der Waals surface area contributed by atoms with Crippen molar-refractivity contribution in [3.8, 4) is 5.75 Å². The molecule has 1 aliphatic rings. The Balaban J connectivity index is 1.64. The van der Waals surface area contributed by atoms with Gasteiger partial charge in [-0.2, -0.15) is 0 Å². The number of carbonyl (C=O) groups is 1. The standard InChI is InChI=1S/C27H30N2O4S/c1-17-11-12-24-25(13-17)33-26(16-29(24)34(31,32)22-9-7-6-8-10-22)27(30)28-21(5)23-15-19(3)18(2)14-20(23)4/h6-15,21,26H,16H2,1-5H3,(H,28,30)/t21-,26-/m0/s1. The highest BCUT2D eigenvalue weighted by Gasteiger charge is 2.38.